The van der Waals surface area contributed by atoms with Crippen molar-refractivity contribution in [3.8, 4) is 5.75 Å². The average molecular weight is 155 g/mol. The zero-order valence-electron chi connectivity index (χ0n) is 6.45. The number of fused-ring (bicyclic) bond motifs is 1. The van der Waals surface area contributed by atoms with E-state index in [4.69, 9.17) is 7.11 Å². The van der Waals surface area contributed by atoms with Gasteiger partial charge in [0.2, 0.25) is 0 Å². The summed E-state index contributed by atoms with van der Waals surface area (Å²) in [6.07, 6.45) is 0. The van der Waals surface area contributed by atoms with Gasteiger partial charge >= 0.3 is 0 Å². The van der Waals surface area contributed by atoms with Gasteiger partial charge in [-0.05, 0) is 11.5 Å². The number of benzene rings is 2. The molecule has 0 aliphatic carbocycles. The van der Waals surface area contributed by atoms with E-state index in [1.807, 2.05) is 36.4 Å². The molecule has 1 heteroatoms. The van der Waals surface area contributed by atoms with Gasteiger partial charge in [-0.2, -0.15) is 0 Å². The van der Waals surface area contributed by atoms with Crippen molar-refractivity contribution >= 4 is 10.8 Å². The molecule has 0 aromatic heterocycles. The van der Waals surface area contributed by atoms with Crippen molar-refractivity contribution in [2.24, 2.45) is 0 Å². The molecule has 0 saturated heterocycles. The maximum Gasteiger partial charge on any atom is 0.253 e. The summed E-state index contributed by atoms with van der Waals surface area (Å²) in [5, 5.41) is 2.08. The number of hydrogen-bond donors (Lipinski definition) is 0. The van der Waals surface area contributed by atoms with E-state index < -0.39 is 0 Å². The fourth-order valence-corrected chi connectivity index (χ4v) is 1.28. The maximum absolute atomic E-state index is 6.83. The Morgan fingerprint density at radius 3 is 2.50 bits per heavy atom. The van der Waals surface area contributed by atoms with Crippen LogP contribution in [0.4, 0.5) is 0 Å². The third kappa shape index (κ3) is 1.03. The van der Waals surface area contributed by atoms with Crippen molar-refractivity contribution < 1.29 is 4.74 Å². The first kappa shape index (κ1) is 7.17. The van der Waals surface area contributed by atoms with Crippen molar-refractivity contribution in [1.29, 1.82) is 0 Å². The van der Waals surface area contributed by atoms with Crippen LogP contribution in [0, 0.1) is 7.11 Å². The highest BCUT2D eigenvalue weighted by atomic mass is 16.5. The van der Waals surface area contributed by atoms with E-state index in [0.29, 0.717) is 5.75 Å². The maximum atomic E-state index is 6.83. The topological polar surface area (TPSA) is 9.23 Å². The highest BCUT2D eigenvalue weighted by molar-refractivity contribution is 5.88. The largest absolute Gasteiger partial charge is 0.473 e. The van der Waals surface area contributed by atoms with Crippen LogP contribution in [0.15, 0.2) is 42.5 Å². The second-order valence-electron chi connectivity index (χ2n) is 2.58. The Labute approximate surface area is 71.6 Å². The van der Waals surface area contributed by atoms with Gasteiger partial charge in [-0.1, -0.05) is 36.4 Å². The van der Waals surface area contributed by atoms with Gasteiger partial charge in [-0.25, -0.2) is 0 Å². The van der Waals surface area contributed by atoms with Gasteiger partial charge < -0.3 is 4.74 Å². The molecule has 2 aromatic carbocycles. The molecule has 0 bridgehead atoms. The van der Waals surface area contributed by atoms with E-state index in [-0.39, 0.29) is 0 Å². The molecule has 0 unspecified atom stereocenters. The van der Waals surface area contributed by atoms with Crippen LogP contribution < -0.4 is 4.74 Å². The minimum atomic E-state index is 0.605. The highest BCUT2D eigenvalue weighted by Crippen LogP contribution is 2.24. The summed E-state index contributed by atoms with van der Waals surface area (Å²) in [6, 6.07) is 13.5. The van der Waals surface area contributed by atoms with E-state index in [1.54, 1.807) is 6.07 Å². The van der Waals surface area contributed by atoms with Gasteiger partial charge in [0.05, 0.1) is 0 Å². The normalized spacial score (nSPS) is 10.1. The van der Waals surface area contributed by atoms with E-state index in [2.05, 4.69) is 4.74 Å². The zero-order chi connectivity index (χ0) is 8.39. The molecule has 0 spiro atoms. The van der Waals surface area contributed by atoms with E-state index >= 15 is 0 Å². The van der Waals surface area contributed by atoms with Gasteiger partial charge in [0.1, 0.15) is 5.75 Å². The fraction of sp³-hybridized carbons (Fsp3) is 0. The van der Waals surface area contributed by atoms with E-state index in [1.165, 1.54) is 0 Å². The Bertz CT molecular complexity index is 388. The summed E-state index contributed by atoms with van der Waals surface area (Å²) in [4.78, 5) is 0. The lowest BCUT2D eigenvalue weighted by Crippen LogP contribution is -1.80. The van der Waals surface area contributed by atoms with Gasteiger partial charge in [0, 0.05) is 5.39 Å². The molecule has 3 radical (unpaired) electrons. The van der Waals surface area contributed by atoms with Crippen molar-refractivity contribution in [2.75, 3.05) is 0 Å². The molecule has 0 saturated carbocycles. The summed E-state index contributed by atoms with van der Waals surface area (Å²) in [7, 11) is 6.83. The van der Waals surface area contributed by atoms with Crippen LogP contribution in [0.2, 0.25) is 0 Å². The van der Waals surface area contributed by atoms with Crippen LogP contribution in [0.5, 0.6) is 5.75 Å². The molecule has 0 aliphatic heterocycles. The first-order chi connectivity index (χ1) is 5.92. The fourth-order valence-electron chi connectivity index (χ4n) is 1.28. The smallest absolute Gasteiger partial charge is 0.253 e. The number of rotatable bonds is 1. The summed E-state index contributed by atoms with van der Waals surface area (Å²) in [6.45, 7) is 0. The molecule has 0 atom stereocenters. The third-order valence-corrected chi connectivity index (χ3v) is 1.86. The monoisotopic (exact) mass is 155 g/mol. The number of hydrogen-bond acceptors (Lipinski definition) is 1. The number of ether oxygens (including phenoxy) is 1. The molecule has 0 N–H and O–H groups in total. The standard InChI is InChI=1S/C11H7O/c1-12-11-8-4-6-9-5-2-3-7-10(9)11/h2-8H. The Kier molecular flexibility index (Phi) is 1.71. The van der Waals surface area contributed by atoms with Gasteiger partial charge in [-0.15, -0.1) is 0 Å². The summed E-state index contributed by atoms with van der Waals surface area (Å²) >= 11 is 0. The van der Waals surface area contributed by atoms with Crippen LogP contribution in [0.3, 0.4) is 0 Å². The lowest BCUT2D eigenvalue weighted by Gasteiger charge is -2.02. The third-order valence-electron chi connectivity index (χ3n) is 1.86. The average Bonchev–Trinajstić information content (AvgIpc) is 2.17. The van der Waals surface area contributed by atoms with Crippen LogP contribution in [0.1, 0.15) is 0 Å². The molecule has 0 aliphatic rings. The second-order valence-corrected chi connectivity index (χ2v) is 2.58. The molecule has 57 valence electrons. The molecule has 2 rings (SSSR count). The molecular weight excluding hydrogens is 148 g/mol. The highest BCUT2D eigenvalue weighted by Gasteiger charge is 1.97. The Morgan fingerprint density at radius 1 is 0.917 bits per heavy atom. The predicted octanol–water partition coefficient (Wildman–Crippen LogP) is 2.76. The van der Waals surface area contributed by atoms with Crippen LogP contribution in [-0.2, 0) is 0 Å². The lowest BCUT2D eigenvalue weighted by atomic mass is 10.1. The molecule has 0 amide bonds. The molecule has 12 heavy (non-hydrogen) atoms. The van der Waals surface area contributed by atoms with Crippen molar-refractivity contribution in [3.05, 3.63) is 49.6 Å². The summed E-state index contributed by atoms with van der Waals surface area (Å²) < 4.78 is 4.48. The van der Waals surface area contributed by atoms with Gasteiger partial charge in [-0.3, -0.25) is 0 Å². The molecule has 1 nitrogen and oxygen atoms in total. The van der Waals surface area contributed by atoms with Gasteiger partial charge in [0.15, 0.2) is 0 Å². The van der Waals surface area contributed by atoms with Gasteiger partial charge in [0.25, 0.3) is 7.11 Å². The Morgan fingerprint density at radius 2 is 1.67 bits per heavy atom. The second kappa shape index (κ2) is 2.86. The predicted molar refractivity (Wildman–Crippen MR) is 47.8 cm³/mol. The molecule has 2 aromatic rings. The van der Waals surface area contributed by atoms with E-state index in [9.17, 15) is 0 Å². The lowest BCUT2D eigenvalue weighted by molar-refractivity contribution is 0.478. The van der Waals surface area contributed by atoms with Crippen LogP contribution >= 0.6 is 0 Å². The zero-order valence-corrected chi connectivity index (χ0v) is 6.45. The first-order valence-corrected chi connectivity index (χ1v) is 3.73. The SMILES string of the molecule is [C]Oc1cccc2ccccc12. The molecular formula is C11H7O. The van der Waals surface area contributed by atoms with Crippen molar-refractivity contribution in [2.45, 2.75) is 0 Å². The van der Waals surface area contributed by atoms with Crippen LogP contribution in [-0.4, -0.2) is 0 Å². The molecule has 0 heterocycles. The summed E-state index contributed by atoms with van der Waals surface area (Å²) in [5.41, 5.74) is 0. The van der Waals surface area contributed by atoms with Crippen molar-refractivity contribution in [1.82, 2.24) is 0 Å². The van der Waals surface area contributed by atoms with Crippen LogP contribution in [0.25, 0.3) is 10.8 Å². The Hall–Kier alpha value is -1.50. The minimum Gasteiger partial charge on any atom is -0.473 e. The van der Waals surface area contributed by atoms with E-state index in [0.717, 1.165) is 10.8 Å². The first-order valence-electron chi connectivity index (χ1n) is 3.73. The Balaban J connectivity index is 2.79. The quantitative estimate of drug-likeness (QED) is 0.615. The summed E-state index contributed by atoms with van der Waals surface area (Å²) in [5.74, 6) is 0.605. The minimum absolute atomic E-state index is 0.605. The van der Waals surface area contributed by atoms with Crippen molar-refractivity contribution in [3.63, 3.8) is 0 Å². The molecule has 0 fully saturated rings.